The van der Waals surface area contributed by atoms with Crippen molar-refractivity contribution in [2.75, 3.05) is 6.61 Å². The molecule has 1 amide bonds. The number of nitrogens with one attached hydrogen (secondary N) is 1. The average molecular weight is 299 g/mol. The maximum atomic E-state index is 12.1. The molecule has 0 bridgehead atoms. The Bertz CT molecular complexity index is 678. The van der Waals surface area contributed by atoms with Crippen LogP contribution in [-0.2, 0) is 17.8 Å². The summed E-state index contributed by atoms with van der Waals surface area (Å²) in [6, 6.07) is 6.15. The third-order valence-electron chi connectivity index (χ3n) is 4.00. The number of imidazole rings is 1. The maximum absolute atomic E-state index is 12.1. The zero-order chi connectivity index (χ0) is 15.5. The topological polar surface area (TPSA) is 56.1 Å². The number of fused-ring (bicyclic) bond motifs is 1. The third-order valence-corrected chi connectivity index (χ3v) is 4.00. The van der Waals surface area contributed by atoms with E-state index in [1.807, 2.05) is 44.4 Å². The van der Waals surface area contributed by atoms with Crippen LogP contribution in [0.2, 0.25) is 0 Å². The first-order valence-corrected chi connectivity index (χ1v) is 7.61. The van der Waals surface area contributed by atoms with Crippen molar-refractivity contribution in [2.45, 2.75) is 39.3 Å². The van der Waals surface area contributed by atoms with Crippen molar-refractivity contribution in [3.63, 3.8) is 0 Å². The second kappa shape index (κ2) is 6.22. The van der Waals surface area contributed by atoms with Crippen molar-refractivity contribution in [2.24, 2.45) is 0 Å². The quantitative estimate of drug-likeness (QED) is 0.939. The first-order valence-electron chi connectivity index (χ1n) is 7.61. The monoisotopic (exact) mass is 299 g/mol. The molecule has 0 radical (unpaired) electrons. The molecule has 1 aromatic heterocycles. The normalized spacial score (nSPS) is 16.9. The van der Waals surface area contributed by atoms with E-state index in [9.17, 15) is 4.79 Å². The minimum Gasteiger partial charge on any atom is -0.483 e. The predicted octanol–water partition coefficient (Wildman–Crippen LogP) is 2.01. The third kappa shape index (κ3) is 3.30. The van der Waals surface area contributed by atoms with Crippen LogP contribution in [-0.4, -0.2) is 28.1 Å². The Morgan fingerprint density at radius 1 is 1.45 bits per heavy atom. The molecule has 3 rings (SSSR count). The zero-order valence-electron chi connectivity index (χ0n) is 13.0. The lowest BCUT2D eigenvalue weighted by Crippen LogP contribution is -2.42. The number of hydrogen-bond acceptors (Lipinski definition) is 3. The standard InChI is InChI=1S/C17H21N3O2/c1-12-3-4-13(2)15(9-12)22-11-17(21)19-14-5-6-16-18-7-8-20(16)10-14/h3-4,7-9,14H,5-6,10-11H2,1-2H3,(H,19,21). The van der Waals surface area contributed by atoms with Gasteiger partial charge in [-0.1, -0.05) is 12.1 Å². The van der Waals surface area contributed by atoms with Crippen LogP contribution in [0.3, 0.4) is 0 Å². The molecule has 5 heteroatoms. The van der Waals surface area contributed by atoms with Gasteiger partial charge in [-0.3, -0.25) is 4.79 Å². The maximum Gasteiger partial charge on any atom is 0.258 e. The van der Waals surface area contributed by atoms with Crippen LogP contribution in [0.1, 0.15) is 23.4 Å². The Labute approximate surface area is 130 Å². The minimum atomic E-state index is -0.0746. The van der Waals surface area contributed by atoms with Gasteiger partial charge in [0.1, 0.15) is 11.6 Å². The number of benzene rings is 1. The van der Waals surface area contributed by atoms with Crippen LogP contribution in [0.5, 0.6) is 5.75 Å². The molecule has 0 saturated heterocycles. The molecule has 5 nitrogen and oxygen atoms in total. The van der Waals surface area contributed by atoms with Crippen LogP contribution in [0.4, 0.5) is 0 Å². The summed E-state index contributed by atoms with van der Waals surface area (Å²) in [5, 5.41) is 3.04. The van der Waals surface area contributed by atoms with Crippen LogP contribution < -0.4 is 10.1 Å². The highest BCUT2D eigenvalue weighted by Gasteiger charge is 2.20. The number of nitrogens with zero attached hydrogens (tertiary/aromatic N) is 2. The fourth-order valence-corrected chi connectivity index (χ4v) is 2.76. The lowest BCUT2D eigenvalue weighted by Gasteiger charge is -2.24. The highest BCUT2D eigenvalue weighted by atomic mass is 16.5. The van der Waals surface area contributed by atoms with E-state index in [0.717, 1.165) is 42.1 Å². The number of carbonyl (C=O) groups is 1. The summed E-state index contributed by atoms with van der Waals surface area (Å²) in [6.07, 6.45) is 5.59. The van der Waals surface area contributed by atoms with E-state index >= 15 is 0 Å². The van der Waals surface area contributed by atoms with Crippen LogP contribution in [0, 0.1) is 13.8 Å². The molecule has 1 unspecified atom stereocenters. The first-order chi connectivity index (χ1) is 10.6. The van der Waals surface area contributed by atoms with Crippen molar-refractivity contribution < 1.29 is 9.53 Å². The fraction of sp³-hybridized carbons (Fsp3) is 0.412. The molecule has 116 valence electrons. The van der Waals surface area contributed by atoms with Crippen molar-refractivity contribution in [1.82, 2.24) is 14.9 Å². The summed E-state index contributed by atoms with van der Waals surface area (Å²) < 4.78 is 7.74. The lowest BCUT2D eigenvalue weighted by atomic mass is 10.1. The molecule has 0 spiro atoms. The van der Waals surface area contributed by atoms with E-state index in [0.29, 0.717) is 0 Å². The summed E-state index contributed by atoms with van der Waals surface area (Å²) >= 11 is 0. The molecule has 2 aromatic rings. The van der Waals surface area contributed by atoms with Gasteiger partial charge in [0.25, 0.3) is 5.91 Å². The highest BCUT2D eigenvalue weighted by molar-refractivity contribution is 5.77. The molecule has 1 atom stereocenters. The van der Waals surface area contributed by atoms with Crippen molar-refractivity contribution >= 4 is 5.91 Å². The van der Waals surface area contributed by atoms with E-state index < -0.39 is 0 Å². The summed E-state index contributed by atoms with van der Waals surface area (Å²) in [4.78, 5) is 16.4. The van der Waals surface area contributed by atoms with Gasteiger partial charge < -0.3 is 14.6 Å². The summed E-state index contributed by atoms with van der Waals surface area (Å²) in [7, 11) is 0. The van der Waals surface area contributed by atoms with Gasteiger partial charge >= 0.3 is 0 Å². The number of carbonyl (C=O) groups excluding carboxylic acids is 1. The Balaban J connectivity index is 1.52. The summed E-state index contributed by atoms with van der Waals surface area (Å²) in [6.45, 7) is 4.83. The Morgan fingerprint density at radius 2 is 2.32 bits per heavy atom. The smallest absolute Gasteiger partial charge is 0.258 e. The Hall–Kier alpha value is -2.30. The zero-order valence-corrected chi connectivity index (χ0v) is 13.0. The minimum absolute atomic E-state index is 0.0532. The predicted molar refractivity (Wildman–Crippen MR) is 83.9 cm³/mol. The average Bonchev–Trinajstić information content (AvgIpc) is 2.96. The van der Waals surface area contributed by atoms with E-state index in [1.54, 1.807) is 0 Å². The van der Waals surface area contributed by atoms with Gasteiger partial charge in [-0.25, -0.2) is 4.98 Å². The molecule has 2 heterocycles. The number of rotatable bonds is 4. The highest BCUT2D eigenvalue weighted by Crippen LogP contribution is 2.19. The van der Waals surface area contributed by atoms with Crippen molar-refractivity contribution in [1.29, 1.82) is 0 Å². The van der Waals surface area contributed by atoms with E-state index in [1.165, 1.54) is 0 Å². The number of ether oxygens (including phenoxy) is 1. The lowest BCUT2D eigenvalue weighted by molar-refractivity contribution is -0.124. The fourth-order valence-electron chi connectivity index (χ4n) is 2.76. The number of amides is 1. The summed E-state index contributed by atoms with van der Waals surface area (Å²) in [5.74, 6) is 1.79. The SMILES string of the molecule is Cc1ccc(C)c(OCC(=O)NC2CCc3nccn3C2)c1. The molecule has 22 heavy (non-hydrogen) atoms. The molecule has 0 fully saturated rings. The number of hydrogen-bond donors (Lipinski definition) is 1. The molecule has 1 aliphatic rings. The summed E-state index contributed by atoms with van der Waals surface area (Å²) in [5.41, 5.74) is 2.17. The van der Waals surface area contributed by atoms with Crippen LogP contribution in [0.25, 0.3) is 0 Å². The van der Waals surface area contributed by atoms with Gasteiger partial charge in [0.15, 0.2) is 6.61 Å². The number of aryl methyl sites for hydroxylation is 3. The van der Waals surface area contributed by atoms with Gasteiger partial charge in [0.05, 0.1) is 0 Å². The molecule has 0 saturated carbocycles. The van der Waals surface area contributed by atoms with Gasteiger partial charge in [0, 0.05) is 31.4 Å². The van der Waals surface area contributed by atoms with Crippen LogP contribution >= 0.6 is 0 Å². The van der Waals surface area contributed by atoms with E-state index in [2.05, 4.69) is 14.9 Å². The molecule has 1 N–H and O–H groups in total. The van der Waals surface area contributed by atoms with Gasteiger partial charge in [-0.05, 0) is 37.5 Å². The molecular weight excluding hydrogens is 278 g/mol. The number of aromatic nitrogens is 2. The van der Waals surface area contributed by atoms with Gasteiger partial charge in [0.2, 0.25) is 0 Å². The Kier molecular flexibility index (Phi) is 4.13. The molecular formula is C17H21N3O2. The van der Waals surface area contributed by atoms with Gasteiger partial charge in [-0.15, -0.1) is 0 Å². The van der Waals surface area contributed by atoms with Crippen molar-refractivity contribution in [3.8, 4) is 5.75 Å². The van der Waals surface area contributed by atoms with E-state index in [4.69, 9.17) is 4.74 Å². The largest absolute Gasteiger partial charge is 0.483 e. The molecule has 1 aliphatic heterocycles. The van der Waals surface area contributed by atoms with Crippen LogP contribution in [0.15, 0.2) is 30.6 Å². The molecule has 0 aliphatic carbocycles. The second-order valence-electron chi connectivity index (χ2n) is 5.86. The Morgan fingerprint density at radius 3 is 3.18 bits per heavy atom. The van der Waals surface area contributed by atoms with Crippen molar-refractivity contribution in [3.05, 3.63) is 47.5 Å². The molecule has 1 aromatic carbocycles. The van der Waals surface area contributed by atoms with E-state index in [-0.39, 0.29) is 18.6 Å². The van der Waals surface area contributed by atoms with Gasteiger partial charge in [-0.2, -0.15) is 0 Å². The second-order valence-corrected chi connectivity index (χ2v) is 5.86. The first kappa shape index (κ1) is 14.6.